The summed E-state index contributed by atoms with van der Waals surface area (Å²) >= 11 is 0. The number of halogens is 1. The van der Waals surface area contributed by atoms with Crippen LogP contribution in [-0.2, 0) is 4.79 Å². The van der Waals surface area contributed by atoms with Crippen LogP contribution in [-0.4, -0.2) is 24.1 Å². The fourth-order valence-electron chi connectivity index (χ4n) is 1.89. The molecule has 118 valence electrons. The van der Waals surface area contributed by atoms with Crippen molar-refractivity contribution in [2.75, 3.05) is 6.54 Å². The van der Waals surface area contributed by atoms with Crippen LogP contribution < -0.4 is 15.8 Å². The molecule has 3 N–H and O–H groups in total. The largest absolute Gasteiger partial charge is 0.478 e. The average molecular weight is 296 g/mol. The summed E-state index contributed by atoms with van der Waals surface area (Å²) in [5.74, 6) is -0.652. The number of para-hydroxylation sites is 1. The lowest BCUT2D eigenvalue weighted by Gasteiger charge is -2.28. The van der Waals surface area contributed by atoms with Crippen molar-refractivity contribution < 1.29 is 13.9 Å². The second-order valence-electron chi connectivity index (χ2n) is 5.23. The van der Waals surface area contributed by atoms with E-state index in [1.165, 1.54) is 12.1 Å². The number of carbonyl (C=O) groups excluding carboxylic acids is 1. The molecule has 0 fully saturated rings. The first kappa shape index (κ1) is 17.4. The molecule has 1 rings (SSSR count). The summed E-state index contributed by atoms with van der Waals surface area (Å²) < 4.78 is 19.0. The van der Waals surface area contributed by atoms with Gasteiger partial charge in [0.1, 0.15) is 0 Å². The SMILES string of the molecule is CCC(Oc1ccccc1F)C(=O)NCC(N)(CC)CC. The van der Waals surface area contributed by atoms with Crippen LogP contribution in [0.4, 0.5) is 4.39 Å². The van der Waals surface area contributed by atoms with Gasteiger partial charge >= 0.3 is 0 Å². The summed E-state index contributed by atoms with van der Waals surface area (Å²) in [7, 11) is 0. The van der Waals surface area contributed by atoms with E-state index in [1.807, 2.05) is 20.8 Å². The molecular weight excluding hydrogens is 271 g/mol. The van der Waals surface area contributed by atoms with E-state index in [-0.39, 0.29) is 11.7 Å². The third-order valence-electron chi connectivity index (χ3n) is 3.79. The third kappa shape index (κ3) is 5.01. The van der Waals surface area contributed by atoms with Crippen LogP contribution in [0.15, 0.2) is 24.3 Å². The van der Waals surface area contributed by atoms with E-state index < -0.39 is 17.5 Å². The Balaban J connectivity index is 2.64. The molecule has 0 aliphatic heterocycles. The van der Waals surface area contributed by atoms with Crippen molar-refractivity contribution in [2.45, 2.75) is 51.7 Å². The van der Waals surface area contributed by atoms with Crippen LogP contribution in [0.5, 0.6) is 5.75 Å². The molecule has 0 heterocycles. The van der Waals surface area contributed by atoms with Gasteiger partial charge in [0.15, 0.2) is 17.7 Å². The summed E-state index contributed by atoms with van der Waals surface area (Å²) in [5.41, 5.74) is 5.74. The zero-order valence-electron chi connectivity index (χ0n) is 13.0. The number of nitrogens with two attached hydrogens (primary N) is 1. The van der Waals surface area contributed by atoms with Crippen molar-refractivity contribution in [2.24, 2.45) is 5.73 Å². The number of benzene rings is 1. The van der Waals surface area contributed by atoms with Gasteiger partial charge in [0.2, 0.25) is 0 Å². The predicted molar refractivity (Wildman–Crippen MR) is 81.6 cm³/mol. The van der Waals surface area contributed by atoms with Crippen molar-refractivity contribution >= 4 is 5.91 Å². The van der Waals surface area contributed by atoms with Gasteiger partial charge in [0, 0.05) is 12.1 Å². The van der Waals surface area contributed by atoms with E-state index in [2.05, 4.69) is 5.32 Å². The standard InChI is InChI=1S/C16H25FN2O2/c1-4-13(21-14-10-8-7-9-12(14)17)15(20)19-11-16(18,5-2)6-3/h7-10,13H,4-6,11,18H2,1-3H3,(H,19,20). The molecular formula is C16H25FN2O2. The highest BCUT2D eigenvalue weighted by atomic mass is 19.1. The Labute approximate surface area is 125 Å². The number of ether oxygens (including phenoxy) is 1. The summed E-state index contributed by atoms with van der Waals surface area (Å²) in [6.07, 6.45) is 1.28. The molecule has 1 amide bonds. The Morgan fingerprint density at radius 1 is 1.33 bits per heavy atom. The number of carbonyl (C=O) groups is 1. The quantitative estimate of drug-likeness (QED) is 0.775. The highest BCUT2D eigenvalue weighted by Gasteiger charge is 2.24. The first-order valence-corrected chi connectivity index (χ1v) is 7.43. The smallest absolute Gasteiger partial charge is 0.261 e. The lowest BCUT2D eigenvalue weighted by molar-refractivity contribution is -0.128. The minimum atomic E-state index is -0.722. The lowest BCUT2D eigenvalue weighted by Crippen LogP contribution is -2.51. The highest BCUT2D eigenvalue weighted by Crippen LogP contribution is 2.18. The van der Waals surface area contributed by atoms with Crippen molar-refractivity contribution in [1.82, 2.24) is 5.32 Å². The zero-order valence-corrected chi connectivity index (χ0v) is 13.0. The van der Waals surface area contributed by atoms with Crippen molar-refractivity contribution in [3.05, 3.63) is 30.1 Å². The number of amides is 1. The first-order chi connectivity index (χ1) is 9.95. The first-order valence-electron chi connectivity index (χ1n) is 7.43. The van der Waals surface area contributed by atoms with Crippen molar-refractivity contribution in [3.63, 3.8) is 0 Å². The molecule has 5 heteroatoms. The second kappa shape index (κ2) is 7.98. The van der Waals surface area contributed by atoms with Crippen LogP contribution in [0.3, 0.4) is 0 Å². The molecule has 0 bridgehead atoms. The van der Waals surface area contributed by atoms with Gasteiger partial charge in [0.25, 0.3) is 5.91 Å². The number of nitrogens with one attached hydrogen (secondary N) is 1. The Kier molecular flexibility index (Phi) is 6.62. The van der Waals surface area contributed by atoms with Gasteiger partial charge in [0.05, 0.1) is 0 Å². The van der Waals surface area contributed by atoms with E-state index in [9.17, 15) is 9.18 Å². The molecule has 1 aromatic carbocycles. The van der Waals surface area contributed by atoms with E-state index in [1.54, 1.807) is 12.1 Å². The Morgan fingerprint density at radius 2 is 1.95 bits per heavy atom. The fraction of sp³-hybridized carbons (Fsp3) is 0.562. The average Bonchev–Trinajstić information content (AvgIpc) is 2.51. The Hall–Kier alpha value is -1.62. The minimum absolute atomic E-state index is 0.0875. The van der Waals surface area contributed by atoms with Crippen LogP contribution in [0.2, 0.25) is 0 Å². The molecule has 4 nitrogen and oxygen atoms in total. The van der Waals surface area contributed by atoms with E-state index in [0.717, 1.165) is 12.8 Å². The maximum Gasteiger partial charge on any atom is 0.261 e. The minimum Gasteiger partial charge on any atom is -0.478 e. The molecule has 0 aliphatic carbocycles. The van der Waals surface area contributed by atoms with Gasteiger partial charge in [-0.2, -0.15) is 0 Å². The van der Waals surface area contributed by atoms with Crippen LogP contribution in [0.25, 0.3) is 0 Å². The molecule has 0 radical (unpaired) electrons. The summed E-state index contributed by atoms with van der Waals surface area (Å²) in [5, 5.41) is 2.80. The maximum atomic E-state index is 13.6. The van der Waals surface area contributed by atoms with Crippen molar-refractivity contribution in [3.8, 4) is 5.75 Å². The Bertz CT molecular complexity index is 461. The molecule has 1 aromatic rings. The number of hydrogen-bond acceptors (Lipinski definition) is 3. The summed E-state index contributed by atoms with van der Waals surface area (Å²) in [4.78, 5) is 12.2. The third-order valence-corrected chi connectivity index (χ3v) is 3.79. The lowest BCUT2D eigenvalue weighted by atomic mass is 9.94. The highest BCUT2D eigenvalue weighted by molar-refractivity contribution is 5.81. The van der Waals surface area contributed by atoms with Gasteiger partial charge in [-0.05, 0) is 31.4 Å². The molecule has 21 heavy (non-hydrogen) atoms. The van der Waals surface area contributed by atoms with Gasteiger partial charge in [-0.25, -0.2) is 4.39 Å². The van der Waals surface area contributed by atoms with Gasteiger partial charge in [-0.1, -0.05) is 32.9 Å². The molecule has 0 saturated heterocycles. The van der Waals surface area contributed by atoms with Gasteiger partial charge in [-0.3, -0.25) is 4.79 Å². The molecule has 0 aliphatic rings. The molecule has 0 spiro atoms. The van der Waals surface area contributed by atoms with E-state index in [4.69, 9.17) is 10.5 Å². The van der Waals surface area contributed by atoms with Crippen molar-refractivity contribution in [1.29, 1.82) is 0 Å². The molecule has 0 saturated carbocycles. The predicted octanol–water partition coefficient (Wildman–Crippen LogP) is 2.62. The fourth-order valence-corrected chi connectivity index (χ4v) is 1.89. The van der Waals surface area contributed by atoms with Gasteiger partial charge in [-0.15, -0.1) is 0 Å². The molecule has 0 aromatic heterocycles. The van der Waals surface area contributed by atoms with Gasteiger partial charge < -0.3 is 15.8 Å². The maximum absolute atomic E-state index is 13.6. The summed E-state index contributed by atoms with van der Waals surface area (Å²) in [6.45, 7) is 6.18. The number of rotatable bonds is 8. The Morgan fingerprint density at radius 3 is 2.48 bits per heavy atom. The number of hydrogen-bond donors (Lipinski definition) is 2. The van der Waals surface area contributed by atoms with E-state index >= 15 is 0 Å². The monoisotopic (exact) mass is 296 g/mol. The molecule has 1 unspecified atom stereocenters. The zero-order chi connectivity index (χ0) is 15.9. The molecule has 1 atom stereocenters. The van der Waals surface area contributed by atoms with Crippen LogP contribution in [0.1, 0.15) is 40.0 Å². The summed E-state index contributed by atoms with van der Waals surface area (Å²) in [6, 6.07) is 6.06. The van der Waals surface area contributed by atoms with Crippen LogP contribution in [0, 0.1) is 5.82 Å². The van der Waals surface area contributed by atoms with Crippen LogP contribution >= 0.6 is 0 Å². The van der Waals surface area contributed by atoms with E-state index in [0.29, 0.717) is 13.0 Å². The topological polar surface area (TPSA) is 64.3 Å². The normalized spacial score (nSPS) is 12.8. The second-order valence-corrected chi connectivity index (χ2v) is 5.23.